The van der Waals surface area contributed by atoms with Crippen molar-refractivity contribution in [3.63, 3.8) is 0 Å². The van der Waals surface area contributed by atoms with Gasteiger partial charge in [-0.25, -0.2) is 9.48 Å². The Labute approximate surface area is 152 Å². The maximum atomic E-state index is 12.2. The normalized spacial score (nSPS) is 15.2. The van der Waals surface area contributed by atoms with Crippen molar-refractivity contribution in [3.8, 4) is 5.69 Å². The van der Waals surface area contributed by atoms with Crippen LogP contribution in [0.25, 0.3) is 11.8 Å². The summed E-state index contributed by atoms with van der Waals surface area (Å²) in [7, 11) is 0. The number of halogens is 1. The first-order chi connectivity index (χ1) is 12.4. The highest BCUT2D eigenvalue weighted by Crippen LogP contribution is 2.24. The molecule has 26 heavy (non-hydrogen) atoms. The molecule has 0 atom stereocenters. The molecule has 4 amide bonds. The first kappa shape index (κ1) is 17.6. The van der Waals surface area contributed by atoms with Gasteiger partial charge in [0.05, 0.1) is 11.4 Å². The predicted molar refractivity (Wildman–Crippen MR) is 92.5 cm³/mol. The second-order valence-corrected chi connectivity index (χ2v) is 5.87. The van der Waals surface area contributed by atoms with Crippen LogP contribution >= 0.6 is 11.6 Å². The summed E-state index contributed by atoms with van der Waals surface area (Å²) >= 11 is 6.34. The molecule has 0 unspecified atom stereocenters. The number of hydrogen-bond donors (Lipinski definition) is 2. The van der Waals surface area contributed by atoms with Gasteiger partial charge in [-0.1, -0.05) is 29.8 Å². The standard InChI is InChI=1S/C17H13ClN4O4/c1-9-11(14(18)22(21-9)10-5-3-2-4-6-10)7-8-12(23)13-15(24)19-17(26)20-16(13)25/h2-8,13H,1H3,(H2,19,20,24,25,26)/b8-7+. The molecule has 0 saturated carbocycles. The monoisotopic (exact) mass is 372 g/mol. The average molecular weight is 373 g/mol. The second-order valence-electron chi connectivity index (χ2n) is 5.51. The van der Waals surface area contributed by atoms with Crippen molar-refractivity contribution in [1.29, 1.82) is 0 Å². The van der Waals surface area contributed by atoms with Crippen LogP contribution in [0.3, 0.4) is 0 Å². The van der Waals surface area contributed by atoms with Crippen molar-refractivity contribution in [1.82, 2.24) is 20.4 Å². The van der Waals surface area contributed by atoms with Gasteiger partial charge in [0.15, 0.2) is 11.7 Å². The van der Waals surface area contributed by atoms with Crippen molar-refractivity contribution in [2.75, 3.05) is 0 Å². The molecule has 1 aromatic heterocycles. The number of urea groups is 1. The number of allylic oxidation sites excluding steroid dienone is 1. The summed E-state index contributed by atoms with van der Waals surface area (Å²) in [6.07, 6.45) is 2.47. The number of imide groups is 2. The summed E-state index contributed by atoms with van der Waals surface area (Å²) in [5, 5.41) is 8.37. The predicted octanol–water partition coefficient (Wildman–Crippen LogP) is 1.40. The van der Waals surface area contributed by atoms with Gasteiger partial charge in [-0.2, -0.15) is 5.10 Å². The van der Waals surface area contributed by atoms with Crippen LogP contribution < -0.4 is 10.6 Å². The molecule has 2 heterocycles. The molecule has 1 aliphatic heterocycles. The summed E-state index contributed by atoms with van der Waals surface area (Å²) in [5.74, 6) is -4.31. The van der Waals surface area contributed by atoms with Gasteiger partial charge >= 0.3 is 6.03 Å². The smallest absolute Gasteiger partial charge is 0.293 e. The Kier molecular flexibility index (Phi) is 4.68. The lowest BCUT2D eigenvalue weighted by Crippen LogP contribution is -2.57. The number of nitrogens with one attached hydrogen (secondary N) is 2. The molecule has 0 bridgehead atoms. The van der Waals surface area contributed by atoms with Gasteiger partial charge in [0.25, 0.3) is 0 Å². The van der Waals surface area contributed by atoms with E-state index in [0.717, 1.165) is 11.8 Å². The SMILES string of the molecule is Cc1nn(-c2ccccc2)c(Cl)c1/C=C/C(=O)C1C(=O)NC(=O)NC1=O. The number of ketones is 1. The Hall–Kier alpha value is -3.26. The minimum absolute atomic E-state index is 0.283. The Bertz CT molecular complexity index is 929. The molecule has 8 nitrogen and oxygen atoms in total. The van der Waals surface area contributed by atoms with E-state index in [1.165, 1.54) is 10.8 Å². The summed E-state index contributed by atoms with van der Waals surface area (Å²) in [6.45, 7) is 1.72. The number of aromatic nitrogens is 2. The van der Waals surface area contributed by atoms with Crippen LogP contribution in [-0.2, 0) is 14.4 Å². The molecule has 132 valence electrons. The van der Waals surface area contributed by atoms with Crippen molar-refractivity contribution < 1.29 is 19.2 Å². The van der Waals surface area contributed by atoms with Crippen LogP contribution in [0.5, 0.6) is 0 Å². The van der Waals surface area contributed by atoms with Gasteiger partial charge in [-0.3, -0.25) is 25.0 Å². The van der Waals surface area contributed by atoms with Crippen LogP contribution in [0.1, 0.15) is 11.3 Å². The van der Waals surface area contributed by atoms with Crippen LogP contribution in [0.2, 0.25) is 5.15 Å². The molecule has 0 radical (unpaired) electrons. The van der Waals surface area contributed by atoms with Crippen molar-refractivity contribution in [3.05, 3.63) is 52.8 Å². The summed E-state index contributed by atoms with van der Waals surface area (Å²) in [4.78, 5) is 46.6. The van der Waals surface area contributed by atoms with Crippen molar-refractivity contribution in [2.24, 2.45) is 5.92 Å². The van der Waals surface area contributed by atoms with Crippen molar-refractivity contribution in [2.45, 2.75) is 6.92 Å². The molecular formula is C17H13ClN4O4. The molecule has 1 aliphatic rings. The second kappa shape index (κ2) is 6.93. The topological polar surface area (TPSA) is 110 Å². The maximum absolute atomic E-state index is 12.2. The molecule has 1 aromatic carbocycles. The highest BCUT2D eigenvalue weighted by Gasteiger charge is 2.38. The number of benzene rings is 1. The van der Waals surface area contributed by atoms with E-state index < -0.39 is 29.5 Å². The van der Waals surface area contributed by atoms with Gasteiger partial charge in [0, 0.05) is 5.56 Å². The third-order valence-corrected chi connectivity index (χ3v) is 4.11. The largest absolute Gasteiger partial charge is 0.328 e. The minimum atomic E-state index is -1.62. The molecule has 9 heteroatoms. The quantitative estimate of drug-likeness (QED) is 0.622. The fourth-order valence-corrected chi connectivity index (χ4v) is 2.81. The zero-order valence-corrected chi connectivity index (χ0v) is 14.3. The maximum Gasteiger partial charge on any atom is 0.328 e. The number of rotatable bonds is 4. The van der Waals surface area contributed by atoms with Crippen LogP contribution in [-0.4, -0.2) is 33.4 Å². The Morgan fingerprint density at radius 3 is 2.38 bits per heavy atom. The van der Waals surface area contributed by atoms with Gasteiger partial charge in [0.2, 0.25) is 11.8 Å². The van der Waals surface area contributed by atoms with E-state index in [0.29, 0.717) is 11.3 Å². The van der Waals surface area contributed by atoms with E-state index in [2.05, 4.69) is 5.10 Å². The molecule has 1 fully saturated rings. The fourth-order valence-electron chi connectivity index (χ4n) is 2.48. The lowest BCUT2D eigenvalue weighted by Gasteiger charge is -2.18. The molecule has 2 N–H and O–H groups in total. The van der Waals surface area contributed by atoms with Crippen molar-refractivity contribution >= 4 is 41.3 Å². The zero-order valence-electron chi connectivity index (χ0n) is 13.5. The lowest BCUT2D eigenvalue weighted by molar-refractivity contribution is -0.140. The minimum Gasteiger partial charge on any atom is -0.293 e. The van der Waals surface area contributed by atoms with Gasteiger partial charge < -0.3 is 0 Å². The van der Waals surface area contributed by atoms with Gasteiger partial charge in [-0.05, 0) is 31.2 Å². The fraction of sp³-hybridized carbons (Fsp3) is 0.118. The third kappa shape index (κ3) is 3.27. The number of carbonyl (C=O) groups excluding carboxylic acids is 4. The number of aryl methyl sites for hydroxylation is 1. The van der Waals surface area contributed by atoms with E-state index in [1.54, 1.807) is 6.92 Å². The third-order valence-electron chi connectivity index (χ3n) is 3.75. The average Bonchev–Trinajstić information content (AvgIpc) is 2.87. The number of carbonyl (C=O) groups is 4. The van der Waals surface area contributed by atoms with Gasteiger partial charge in [-0.15, -0.1) is 0 Å². The van der Waals surface area contributed by atoms with E-state index in [9.17, 15) is 19.2 Å². The number of para-hydroxylation sites is 1. The first-order valence-electron chi connectivity index (χ1n) is 7.56. The molecule has 0 spiro atoms. The van der Waals surface area contributed by atoms with Crippen LogP contribution in [0.15, 0.2) is 36.4 Å². The number of amides is 4. The number of barbiturate groups is 1. The zero-order chi connectivity index (χ0) is 18.8. The molecule has 1 saturated heterocycles. The molecule has 2 aromatic rings. The summed E-state index contributed by atoms with van der Waals surface area (Å²) in [6, 6.07) is 8.23. The molecular weight excluding hydrogens is 360 g/mol. The highest BCUT2D eigenvalue weighted by molar-refractivity contribution is 6.32. The Morgan fingerprint density at radius 2 is 1.77 bits per heavy atom. The van der Waals surface area contributed by atoms with Crippen LogP contribution in [0, 0.1) is 12.8 Å². The van der Waals surface area contributed by atoms with E-state index in [1.807, 2.05) is 41.0 Å². The summed E-state index contributed by atoms with van der Waals surface area (Å²) < 4.78 is 1.51. The number of hydrogen-bond acceptors (Lipinski definition) is 5. The highest BCUT2D eigenvalue weighted by atomic mass is 35.5. The summed E-state index contributed by atoms with van der Waals surface area (Å²) in [5.41, 5.74) is 1.79. The van der Waals surface area contributed by atoms with Crippen LogP contribution in [0.4, 0.5) is 4.79 Å². The van der Waals surface area contributed by atoms with E-state index >= 15 is 0 Å². The Balaban J connectivity index is 1.86. The van der Waals surface area contributed by atoms with E-state index in [-0.39, 0.29) is 5.15 Å². The van der Waals surface area contributed by atoms with Gasteiger partial charge in [0.1, 0.15) is 5.15 Å². The first-order valence-corrected chi connectivity index (χ1v) is 7.94. The lowest BCUT2D eigenvalue weighted by atomic mass is 9.99. The van der Waals surface area contributed by atoms with E-state index in [4.69, 9.17) is 11.6 Å². The number of nitrogens with zero attached hydrogens (tertiary/aromatic N) is 2. The molecule has 3 rings (SSSR count). The Morgan fingerprint density at radius 1 is 1.15 bits per heavy atom. The molecule has 0 aliphatic carbocycles.